The molecule has 0 bridgehead atoms. The van der Waals surface area contributed by atoms with Gasteiger partial charge in [0.2, 0.25) is 0 Å². The van der Waals surface area contributed by atoms with E-state index in [0.717, 1.165) is 0 Å². The van der Waals surface area contributed by atoms with E-state index in [0.29, 0.717) is 13.0 Å². The summed E-state index contributed by atoms with van der Waals surface area (Å²) >= 11 is 0. The second-order valence-electron chi connectivity index (χ2n) is 1.35. The van der Waals surface area contributed by atoms with Crippen molar-refractivity contribution >= 4 is 5.84 Å². The molecule has 44 valence electrons. The third-order valence-electron chi connectivity index (χ3n) is 0.798. The highest BCUT2D eigenvalue weighted by Crippen LogP contribution is 1.98. The highest BCUT2D eigenvalue weighted by Gasteiger charge is 2.19. The first-order chi connectivity index (χ1) is 3.80. The Kier molecular flexibility index (Phi) is 1.11. The van der Waals surface area contributed by atoms with Gasteiger partial charge in [0.15, 0.2) is 11.8 Å². The van der Waals surface area contributed by atoms with Crippen LogP contribution in [0.1, 0.15) is 6.42 Å². The maximum Gasteiger partial charge on any atom is 0.388 e. The van der Waals surface area contributed by atoms with Gasteiger partial charge in [0, 0.05) is 0 Å². The fourth-order valence-corrected chi connectivity index (χ4v) is 0.427. The summed E-state index contributed by atoms with van der Waals surface area (Å²) in [6.45, 7) is 0.344. The third kappa shape index (κ3) is 0.749. The lowest BCUT2D eigenvalue weighted by Gasteiger charge is -1.83. The van der Waals surface area contributed by atoms with Crippen molar-refractivity contribution in [1.82, 2.24) is 0 Å². The van der Waals surface area contributed by atoms with Gasteiger partial charge < -0.3 is 10.1 Å². The number of nitro groups is 1. The summed E-state index contributed by atoms with van der Waals surface area (Å²) in [5.74, 6) is -0.0787. The predicted octanol–water partition coefficient (Wildman–Crippen LogP) is -0.00310. The molecule has 0 amide bonds. The Morgan fingerprint density at radius 1 is 1.88 bits per heavy atom. The normalized spacial score (nSPS) is 17.2. The van der Waals surface area contributed by atoms with Gasteiger partial charge in [0.05, 0.1) is 0 Å². The molecule has 1 aliphatic heterocycles. The van der Waals surface area contributed by atoms with Crippen LogP contribution in [0.25, 0.3) is 0 Å². The van der Waals surface area contributed by atoms with Crippen LogP contribution in [0.15, 0.2) is 5.16 Å². The SMILES string of the molecule is O=[N+]([O-])C1=NOCC1. The summed E-state index contributed by atoms with van der Waals surface area (Å²) in [5.41, 5.74) is 0. The molecule has 0 N–H and O–H groups in total. The summed E-state index contributed by atoms with van der Waals surface area (Å²) < 4.78 is 0. The van der Waals surface area contributed by atoms with E-state index in [-0.39, 0.29) is 5.84 Å². The van der Waals surface area contributed by atoms with Gasteiger partial charge in [-0.15, -0.1) is 0 Å². The molecule has 0 atom stereocenters. The van der Waals surface area contributed by atoms with E-state index in [4.69, 9.17) is 0 Å². The second kappa shape index (κ2) is 1.77. The highest BCUT2D eigenvalue weighted by molar-refractivity contribution is 5.74. The predicted molar refractivity (Wildman–Crippen MR) is 25.0 cm³/mol. The molecule has 1 aliphatic rings. The van der Waals surface area contributed by atoms with Crippen molar-refractivity contribution in [1.29, 1.82) is 0 Å². The number of amidine groups is 1. The van der Waals surface area contributed by atoms with Crippen molar-refractivity contribution < 1.29 is 9.76 Å². The second-order valence-corrected chi connectivity index (χ2v) is 1.35. The van der Waals surface area contributed by atoms with Crippen molar-refractivity contribution in [3.63, 3.8) is 0 Å². The Balaban J connectivity index is 2.57. The standard InChI is InChI=1S/C3H4N2O3/c6-5(7)3-1-2-8-4-3/h1-2H2. The van der Waals surface area contributed by atoms with E-state index in [1.54, 1.807) is 0 Å². The van der Waals surface area contributed by atoms with Gasteiger partial charge in [-0.1, -0.05) is 0 Å². The molecule has 8 heavy (non-hydrogen) atoms. The van der Waals surface area contributed by atoms with Gasteiger partial charge in [-0.05, 0) is 4.92 Å². The molecular formula is C3H4N2O3. The molecule has 0 fully saturated rings. The van der Waals surface area contributed by atoms with E-state index in [2.05, 4.69) is 9.99 Å². The average molecular weight is 116 g/mol. The molecule has 0 aromatic carbocycles. The minimum atomic E-state index is -0.535. The molecule has 5 heteroatoms. The van der Waals surface area contributed by atoms with E-state index < -0.39 is 4.92 Å². The fourth-order valence-electron chi connectivity index (χ4n) is 0.427. The molecule has 0 spiro atoms. The summed E-state index contributed by atoms with van der Waals surface area (Å²) in [6.07, 6.45) is 0.326. The maximum atomic E-state index is 9.80. The summed E-state index contributed by atoms with van der Waals surface area (Å²) in [4.78, 5) is 13.6. The molecule has 0 unspecified atom stereocenters. The topological polar surface area (TPSA) is 64.7 Å². The van der Waals surface area contributed by atoms with Crippen molar-refractivity contribution in [2.24, 2.45) is 5.16 Å². The minimum Gasteiger partial charge on any atom is -0.358 e. The quantitative estimate of drug-likeness (QED) is 0.330. The van der Waals surface area contributed by atoms with Gasteiger partial charge in [-0.25, -0.2) is 0 Å². The molecule has 0 aromatic rings. The first kappa shape index (κ1) is 5.02. The zero-order valence-electron chi connectivity index (χ0n) is 4.03. The van der Waals surface area contributed by atoms with E-state index in [1.807, 2.05) is 0 Å². The Labute approximate surface area is 45.1 Å². The third-order valence-corrected chi connectivity index (χ3v) is 0.798. The van der Waals surface area contributed by atoms with Crippen LogP contribution in [-0.2, 0) is 4.84 Å². The fraction of sp³-hybridized carbons (Fsp3) is 0.667. The molecule has 0 radical (unpaired) electrons. The van der Waals surface area contributed by atoms with Crippen molar-refractivity contribution in [3.05, 3.63) is 10.1 Å². The largest absolute Gasteiger partial charge is 0.388 e. The van der Waals surface area contributed by atoms with Crippen LogP contribution in [0.4, 0.5) is 0 Å². The first-order valence-corrected chi connectivity index (χ1v) is 2.14. The minimum absolute atomic E-state index is 0.0787. The number of hydrogen-bond acceptors (Lipinski definition) is 4. The maximum absolute atomic E-state index is 9.80. The monoisotopic (exact) mass is 116 g/mol. The lowest BCUT2D eigenvalue weighted by molar-refractivity contribution is -0.352. The molecule has 0 saturated carbocycles. The van der Waals surface area contributed by atoms with E-state index >= 15 is 0 Å². The van der Waals surface area contributed by atoms with Gasteiger partial charge in [-0.3, -0.25) is 4.84 Å². The molecule has 5 nitrogen and oxygen atoms in total. The van der Waals surface area contributed by atoms with Crippen LogP contribution in [0, 0.1) is 10.1 Å². The highest BCUT2D eigenvalue weighted by atomic mass is 16.7. The van der Waals surface area contributed by atoms with Crippen LogP contribution in [0.3, 0.4) is 0 Å². The molecule has 1 heterocycles. The van der Waals surface area contributed by atoms with Gasteiger partial charge in [0.1, 0.15) is 6.42 Å². The van der Waals surface area contributed by atoms with E-state index in [1.165, 1.54) is 0 Å². The van der Waals surface area contributed by atoms with Crippen LogP contribution in [-0.4, -0.2) is 17.4 Å². The average Bonchev–Trinajstić information content (AvgIpc) is 2.12. The molecule has 0 aliphatic carbocycles. The summed E-state index contributed by atoms with van der Waals surface area (Å²) in [7, 11) is 0. The van der Waals surface area contributed by atoms with E-state index in [9.17, 15) is 10.1 Å². The Hall–Kier alpha value is -1.13. The van der Waals surface area contributed by atoms with Crippen molar-refractivity contribution in [2.75, 3.05) is 6.61 Å². The van der Waals surface area contributed by atoms with Gasteiger partial charge in [0.25, 0.3) is 0 Å². The molecule has 0 saturated heterocycles. The van der Waals surface area contributed by atoms with Crippen LogP contribution >= 0.6 is 0 Å². The lowest BCUT2D eigenvalue weighted by atomic mass is 10.4. The van der Waals surface area contributed by atoms with Crippen LogP contribution in [0.5, 0.6) is 0 Å². The van der Waals surface area contributed by atoms with Gasteiger partial charge in [-0.2, -0.15) is 0 Å². The van der Waals surface area contributed by atoms with Crippen LogP contribution in [0.2, 0.25) is 0 Å². The van der Waals surface area contributed by atoms with Crippen LogP contribution < -0.4 is 0 Å². The first-order valence-electron chi connectivity index (χ1n) is 2.14. The summed E-state index contributed by atoms with van der Waals surface area (Å²) in [5, 5.41) is 12.9. The number of oxime groups is 1. The Morgan fingerprint density at radius 2 is 2.62 bits per heavy atom. The molecule has 0 aromatic heterocycles. The molecule has 1 rings (SSSR count). The number of rotatable bonds is 0. The Bertz CT molecular complexity index is 141. The summed E-state index contributed by atoms with van der Waals surface area (Å²) in [6, 6.07) is 0. The van der Waals surface area contributed by atoms with Crippen molar-refractivity contribution in [3.8, 4) is 0 Å². The zero-order chi connectivity index (χ0) is 5.98. The smallest absolute Gasteiger partial charge is 0.358 e. The number of hydrogen-bond donors (Lipinski definition) is 0. The van der Waals surface area contributed by atoms with Gasteiger partial charge >= 0.3 is 5.84 Å². The Morgan fingerprint density at radius 3 is 2.88 bits per heavy atom. The number of nitrogens with zero attached hydrogens (tertiary/aromatic N) is 2. The molecular weight excluding hydrogens is 112 g/mol. The zero-order valence-corrected chi connectivity index (χ0v) is 4.03. The lowest BCUT2D eigenvalue weighted by Crippen LogP contribution is -2.07. The van der Waals surface area contributed by atoms with Crippen molar-refractivity contribution in [2.45, 2.75) is 6.42 Å².